The summed E-state index contributed by atoms with van der Waals surface area (Å²) in [5.41, 5.74) is 3.12. The smallest absolute Gasteiger partial charge is 0.258 e. The van der Waals surface area contributed by atoms with Gasteiger partial charge in [0, 0.05) is 24.3 Å². The predicted molar refractivity (Wildman–Crippen MR) is 139 cm³/mol. The first-order valence-corrected chi connectivity index (χ1v) is 13.1. The van der Waals surface area contributed by atoms with Crippen LogP contribution >= 0.6 is 0 Å². The summed E-state index contributed by atoms with van der Waals surface area (Å²) in [5, 5.41) is 21.8. The second-order valence-corrected chi connectivity index (χ2v) is 10.5. The van der Waals surface area contributed by atoms with Crippen LogP contribution in [0.3, 0.4) is 0 Å². The zero-order chi connectivity index (χ0) is 26.4. The number of hydrogen-bond acceptors (Lipinski definition) is 6. The Kier molecular flexibility index (Phi) is 7.74. The first-order chi connectivity index (χ1) is 17.8. The minimum absolute atomic E-state index is 0.0112. The Labute approximate surface area is 214 Å². The Morgan fingerprint density at radius 3 is 1.22 bits per heavy atom. The summed E-state index contributed by atoms with van der Waals surface area (Å²) in [7, 11) is -3.82. The molecule has 4 rings (SSSR count). The number of non-ortho nitro benzene ring substituents is 2. The van der Waals surface area contributed by atoms with Crippen molar-refractivity contribution in [2.45, 2.75) is 35.5 Å². The van der Waals surface area contributed by atoms with E-state index in [-0.39, 0.29) is 21.2 Å². The van der Waals surface area contributed by atoms with Crippen molar-refractivity contribution < 1.29 is 18.3 Å². The predicted octanol–water partition coefficient (Wildman–Crippen LogP) is 5.91. The largest absolute Gasteiger partial charge is 0.269 e. The minimum Gasteiger partial charge on any atom is -0.258 e. The molecule has 0 fully saturated rings. The van der Waals surface area contributed by atoms with Gasteiger partial charge in [-0.05, 0) is 60.1 Å². The first-order valence-electron chi connectivity index (χ1n) is 11.6. The van der Waals surface area contributed by atoms with Crippen LogP contribution in [-0.4, -0.2) is 18.3 Å². The third kappa shape index (κ3) is 6.07. The van der Waals surface area contributed by atoms with Gasteiger partial charge in [-0.2, -0.15) is 0 Å². The van der Waals surface area contributed by atoms with Gasteiger partial charge in [-0.15, -0.1) is 0 Å². The number of nitrogens with zero attached hydrogens (tertiary/aromatic N) is 2. The third-order valence-electron chi connectivity index (χ3n) is 6.18. The molecule has 0 amide bonds. The maximum Gasteiger partial charge on any atom is 0.269 e. The maximum absolute atomic E-state index is 13.8. The van der Waals surface area contributed by atoms with E-state index in [1.54, 1.807) is 72.8 Å². The molecule has 188 valence electrons. The summed E-state index contributed by atoms with van der Waals surface area (Å²) in [6.45, 7) is 0. The van der Waals surface area contributed by atoms with E-state index >= 15 is 0 Å². The normalized spacial score (nSPS) is 11.2. The molecule has 0 bridgehead atoms. The molecule has 4 aromatic rings. The van der Waals surface area contributed by atoms with Crippen LogP contribution in [0, 0.1) is 20.2 Å². The molecule has 0 unspecified atom stereocenters. The van der Waals surface area contributed by atoms with Gasteiger partial charge in [0.05, 0.1) is 19.6 Å². The van der Waals surface area contributed by atoms with E-state index in [1.807, 2.05) is 0 Å². The Hall–Kier alpha value is -4.37. The molecule has 0 heterocycles. The molecular formula is C28H24N2O6S. The average molecular weight is 517 g/mol. The number of rotatable bonds is 10. The summed E-state index contributed by atoms with van der Waals surface area (Å²) < 4.78 is 27.6. The number of nitro benzene ring substituents is 2. The molecule has 0 saturated heterocycles. The molecule has 0 aliphatic carbocycles. The fourth-order valence-electron chi connectivity index (χ4n) is 4.19. The fourth-order valence-corrected chi connectivity index (χ4v) is 5.97. The van der Waals surface area contributed by atoms with Gasteiger partial charge < -0.3 is 0 Å². The molecule has 0 radical (unpaired) electrons. The lowest BCUT2D eigenvalue weighted by Gasteiger charge is -2.14. The van der Waals surface area contributed by atoms with Gasteiger partial charge in [-0.3, -0.25) is 20.2 Å². The summed E-state index contributed by atoms with van der Waals surface area (Å²) in [6, 6.07) is 26.3. The quantitative estimate of drug-likeness (QED) is 0.191. The molecule has 0 spiro atoms. The number of benzene rings is 4. The Morgan fingerprint density at radius 1 is 0.514 bits per heavy atom. The van der Waals surface area contributed by atoms with E-state index in [2.05, 4.69) is 0 Å². The van der Waals surface area contributed by atoms with Crippen molar-refractivity contribution in [3.8, 4) is 0 Å². The number of hydrogen-bond donors (Lipinski definition) is 0. The van der Waals surface area contributed by atoms with Gasteiger partial charge >= 0.3 is 0 Å². The lowest BCUT2D eigenvalue weighted by molar-refractivity contribution is -0.385. The van der Waals surface area contributed by atoms with Gasteiger partial charge in [0.2, 0.25) is 9.84 Å². The number of nitro groups is 2. The summed E-state index contributed by atoms with van der Waals surface area (Å²) in [6.07, 6.45) is 1.98. The molecule has 8 nitrogen and oxygen atoms in total. The molecule has 0 atom stereocenters. The molecule has 0 aromatic heterocycles. The van der Waals surface area contributed by atoms with Crippen molar-refractivity contribution in [2.24, 2.45) is 0 Å². The molecule has 0 aliphatic rings. The Bertz CT molecular complexity index is 1420. The average Bonchev–Trinajstić information content (AvgIpc) is 2.91. The maximum atomic E-state index is 13.8. The van der Waals surface area contributed by atoms with Crippen molar-refractivity contribution in [1.82, 2.24) is 0 Å². The second kappa shape index (κ2) is 11.1. The molecule has 0 saturated carbocycles. The fraction of sp³-hybridized carbons (Fsp3) is 0.143. The zero-order valence-electron chi connectivity index (χ0n) is 19.8. The standard InChI is InChI=1S/C28H24N2O6S/c31-29(32)25-17-11-21(12-18-25)9-15-23-5-1-3-7-27(23)37(35,36)28-8-4-2-6-24(28)16-10-22-13-19-26(20-14-22)30(33)34/h1-8,11-14,17-20H,9-10,15-16H2. The van der Waals surface area contributed by atoms with Gasteiger partial charge in [-0.1, -0.05) is 60.7 Å². The van der Waals surface area contributed by atoms with Crippen LogP contribution in [-0.2, 0) is 35.5 Å². The highest BCUT2D eigenvalue weighted by Crippen LogP contribution is 2.29. The topological polar surface area (TPSA) is 120 Å². The highest BCUT2D eigenvalue weighted by Gasteiger charge is 2.23. The molecule has 9 heteroatoms. The SMILES string of the molecule is O=[N+]([O-])c1ccc(CCc2ccccc2S(=O)(=O)c2ccccc2CCc2ccc([N+](=O)[O-])cc2)cc1. The number of aryl methyl sites for hydroxylation is 4. The highest BCUT2D eigenvalue weighted by atomic mass is 32.2. The highest BCUT2D eigenvalue weighted by molar-refractivity contribution is 7.91. The van der Waals surface area contributed by atoms with Crippen LogP contribution in [0.5, 0.6) is 0 Å². The van der Waals surface area contributed by atoms with Gasteiger partial charge in [0.1, 0.15) is 0 Å². The lowest BCUT2D eigenvalue weighted by Crippen LogP contribution is -2.10. The first kappa shape index (κ1) is 25.7. The number of sulfone groups is 1. The van der Waals surface area contributed by atoms with E-state index in [1.165, 1.54) is 24.3 Å². The van der Waals surface area contributed by atoms with Crippen LogP contribution in [0.4, 0.5) is 11.4 Å². The lowest BCUT2D eigenvalue weighted by atomic mass is 10.0. The Morgan fingerprint density at radius 2 is 0.865 bits per heavy atom. The zero-order valence-corrected chi connectivity index (χ0v) is 20.6. The van der Waals surface area contributed by atoms with Gasteiger partial charge in [0.25, 0.3) is 11.4 Å². The third-order valence-corrected chi connectivity index (χ3v) is 8.14. The van der Waals surface area contributed by atoms with Gasteiger partial charge in [-0.25, -0.2) is 8.42 Å². The van der Waals surface area contributed by atoms with Crippen LogP contribution in [0.2, 0.25) is 0 Å². The van der Waals surface area contributed by atoms with Crippen molar-refractivity contribution in [2.75, 3.05) is 0 Å². The van der Waals surface area contributed by atoms with Crippen molar-refractivity contribution >= 4 is 21.2 Å². The summed E-state index contributed by atoms with van der Waals surface area (Å²) in [5.74, 6) is 0. The van der Waals surface area contributed by atoms with E-state index in [0.29, 0.717) is 36.8 Å². The van der Waals surface area contributed by atoms with Crippen LogP contribution in [0.15, 0.2) is 107 Å². The van der Waals surface area contributed by atoms with E-state index in [0.717, 1.165) is 11.1 Å². The monoisotopic (exact) mass is 516 g/mol. The molecule has 4 aromatic carbocycles. The summed E-state index contributed by atoms with van der Waals surface area (Å²) >= 11 is 0. The molecular weight excluding hydrogens is 492 g/mol. The van der Waals surface area contributed by atoms with E-state index in [4.69, 9.17) is 0 Å². The van der Waals surface area contributed by atoms with Crippen LogP contribution in [0.1, 0.15) is 22.3 Å². The van der Waals surface area contributed by atoms with Gasteiger partial charge in [0.15, 0.2) is 0 Å². The van der Waals surface area contributed by atoms with Crippen LogP contribution < -0.4 is 0 Å². The van der Waals surface area contributed by atoms with Crippen molar-refractivity contribution in [3.05, 3.63) is 140 Å². The molecule has 0 N–H and O–H groups in total. The second-order valence-electron chi connectivity index (χ2n) is 8.57. The Balaban J connectivity index is 1.55. The molecule has 37 heavy (non-hydrogen) atoms. The minimum atomic E-state index is -3.82. The van der Waals surface area contributed by atoms with E-state index in [9.17, 15) is 28.6 Å². The van der Waals surface area contributed by atoms with Crippen molar-refractivity contribution in [3.63, 3.8) is 0 Å². The summed E-state index contributed by atoms with van der Waals surface area (Å²) in [4.78, 5) is 21.3. The van der Waals surface area contributed by atoms with Crippen LogP contribution in [0.25, 0.3) is 0 Å². The van der Waals surface area contributed by atoms with Crippen molar-refractivity contribution in [1.29, 1.82) is 0 Å². The van der Waals surface area contributed by atoms with E-state index < -0.39 is 19.7 Å². The molecule has 0 aliphatic heterocycles.